The lowest BCUT2D eigenvalue weighted by molar-refractivity contribution is 0.668. The minimum Gasteiger partial charge on any atom is -0.456 e. The first-order valence-corrected chi connectivity index (χ1v) is 15.8. The molecule has 5 nitrogen and oxygen atoms in total. The molecule has 0 fully saturated rings. The van der Waals surface area contributed by atoms with Crippen molar-refractivity contribution in [3.63, 3.8) is 0 Å². The van der Waals surface area contributed by atoms with Gasteiger partial charge in [-0.1, -0.05) is 84.9 Å². The Labute approximate surface area is 267 Å². The van der Waals surface area contributed by atoms with Crippen LogP contribution in [0.3, 0.4) is 0 Å². The van der Waals surface area contributed by atoms with E-state index in [4.69, 9.17) is 14.4 Å². The number of rotatable bonds is 2. The molecule has 218 valence electrons. The molecule has 0 amide bonds. The first-order chi connectivity index (χ1) is 23.3. The van der Waals surface area contributed by atoms with E-state index in [1.54, 1.807) is 0 Å². The number of furan rings is 1. The zero-order valence-electron chi connectivity index (χ0n) is 25.1. The van der Waals surface area contributed by atoms with Crippen molar-refractivity contribution in [2.24, 2.45) is 0 Å². The standard InChI is InChI=1S/C42H24N4O/c1-3-11-27-21-36-33(19-25(27)9-1)34-20-26-10-2-4-12-28(26)22-37(34)46(36)40-24-43-42-41(44-40)32-14-5-7-15-35(32)45(42)29-17-18-31-30-13-6-8-16-38(30)47-39(31)23-29/h1-24H. The summed E-state index contributed by atoms with van der Waals surface area (Å²) in [5, 5.41) is 10.5. The lowest BCUT2D eigenvalue weighted by Crippen LogP contribution is -2.01. The molecule has 5 heteroatoms. The van der Waals surface area contributed by atoms with Crippen LogP contribution in [0.15, 0.2) is 150 Å². The van der Waals surface area contributed by atoms with Gasteiger partial charge in [0.25, 0.3) is 0 Å². The molecule has 11 aromatic rings. The molecule has 0 unspecified atom stereocenters. The van der Waals surface area contributed by atoms with E-state index >= 15 is 0 Å². The number of nitrogens with zero attached hydrogens (tertiary/aromatic N) is 4. The molecule has 4 heterocycles. The summed E-state index contributed by atoms with van der Waals surface area (Å²) < 4.78 is 10.7. The quantitative estimate of drug-likeness (QED) is 0.198. The number of fused-ring (bicyclic) bond motifs is 11. The Morgan fingerprint density at radius 3 is 1.77 bits per heavy atom. The van der Waals surface area contributed by atoms with Crippen molar-refractivity contribution in [1.82, 2.24) is 19.1 Å². The van der Waals surface area contributed by atoms with Crippen LogP contribution in [-0.4, -0.2) is 19.1 Å². The number of para-hydroxylation sites is 2. The van der Waals surface area contributed by atoms with Gasteiger partial charge < -0.3 is 4.42 Å². The van der Waals surface area contributed by atoms with Gasteiger partial charge in [-0.3, -0.25) is 9.13 Å². The molecule has 0 bridgehead atoms. The number of hydrogen-bond donors (Lipinski definition) is 0. The van der Waals surface area contributed by atoms with Gasteiger partial charge in [-0.25, -0.2) is 9.97 Å². The molecule has 7 aromatic carbocycles. The highest BCUT2D eigenvalue weighted by atomic mass is 16.3. The minimum atomic E-state index is 0.790. The summed E-state index contributed by atoms with van der Waals surface area (Å²) in [6, 6.07) is 49.3. The molecule has 11 rings (SSSR count). The predicted molar refractivity (Wildman–Crippen MR) is 193 cm³/mol. The Hall–Kier alpha value is -6.46. The molecule has 0 atom stereocenters. The van der Waals surface area contributed by atoms with E-state index in [2.05, 4.69) is 130 Å². The molecule has 0 aliphatic carbocycles. The van der Waals surface area contributed by atoms with Crippen molar-refractivity contribution >= 4 is 87.4 Å². The van der Waals surface area contributed by atoms with Gasteiger partial charge in [0, 0.05) is 33.0 Å². The summed E-state index contributed by atoms with van der Waals surface area (Å²) in [5.74, 6) is 0.790. The smallest absolute Gasteiger partial charge is 0.164 e. The Bertz CT molecular complexity index is 2990. The summed E-state index contributed by atoms with van der Waals surface area (Å²) >= 11 is 0. The molecule has 0 saturated carbocycles. The second-order valence-electron chi connectivity index (χ2n) is 12.3. The van der Waals surface area contributed by atoms with E-state index in [0.717, 1.165) is 66.5 Å². The third-order valence-corrected chi connectivity index (χ3v) is 9.70. The number of hydrogen-bond acceptors (Lipinski definition) is 3. The van der Waals surface area contributed by atoms with Crippen molar-refractivity contribution in [3.8, 4) is 11.5 Å². The summed E-state index contributed by atoms with van der Waals surface area (Å²) in [6.07, 6.45) is 1.92. The van der Waals surface area contributed by atoms with Crippen LogP contribution in [0.5, 0.6) is 0 Å². The maximum absolute atomic E-state index is 6.27. The van der Waals surface area contributed by atoms with Crippen molar-refractivity contribution in [2.75, 3.05) is 0 Å². The molecule has 0 N–H and O–H groups in total. The minimum absolute atomic E-state index is 0.790. The SMILES string of the molecule is c1ccc2cc3c(cc2c1)c1cc2ccccc2cc1n3-c1cnc2c(n1)c1ccccc1n2-c1ccc2c(c1)oc1ccccc12. The lowest BCUT2D eigenvalue weighted by atomic mass is 10.0. The van der Waals surface area contributed by atoms with E-state index in [9.17, 15) is 0 Å². The second kappa shape index (κ2) is 9.05. The van der Waals surface area contributed by atoms with Crippen molar-refractivity contribution in [3.05, 3.63) is 146 Å². The highest BCUT2D eigenvalue weighted by Gasteiger charge is 2.20. The summed E-state index contributed by atoms with van der Waals surface area (Å²) in [7, 11) is 0. The highest BCUT2D eigenvalue weighted by molar-refractivity contribution is 6.17. The molecule has 0 radical (unpaired) electrons. The largest absolute Gasteiger partial charge is 0.456 e. The fraction of sp³-hybridized carbons (Fsp3) is 0. The van der Waals surface area contributed by atoms with Crippen LogP contribution in [0.1, 0.15) is 0 Å². The van der Waals surface area contributed by atoms with Gasteiger partial charge in [-0.2, -0.15) is 0 Å². The molecule has 0 aliphatic heterocycles. The Balaban J connectivity index is 1.21. The van der Waals surface area contributed by atoms with Crippen LogP contribution in [0, 0.1) is 0 Å². The second-order valence-corrected chi connectivity index (χ2v) is 12.3. The van der Waals surface area contributed by atoms with Crippen LogP contribution in [-0.2, 0) is 0 Å². The van der Waals surface area contributed by atoms with Gasteiger partial charge in [-0.15, -0.1) is 0 Å². The summed E-state index contributed by atoms with van der Waals surface area (Å²) in [4.78, 5) is 10.6. The summed E-state index contributed by atoms with van der Waals surface area (Å²) in [5.41, 5.74) is 7.67. The monoisotopic (exact) mass is 600 g/mol. The Morgan fingerprint density at radius 2 is 1.04 bits per heavy atom. The van der Waals surface area contributed by atoms with Gasteiger partial charge in [0.2, 0.25) is 0 Å². The Morgan fingerprint density at radius 1 is 0.447 bits per heavy atom. The van der Waals surface area contributed by atoms with Crippen molar-refractivity contribution in [2.45, 2.75) is 0 Å². The fourth-order valence-corrected chi connectivity index (χ4v) is 7.56. The topological polar surface area (TPSA) is 48.8 Å². The molecule has 0 saturated heterocycles. The van der Waals surface area contributed by atoms with E-state index < -0.39 is 0 Å². The maximum atomic E-state index is 6.27. The van der Waals surface area contributed by atoms with Gasteiger partial charge in [0.1, 0.15) is 16.7 Å². The molecule has 0 aliphatic rings. The van der Waals surface area contributed by atoms with Crippen molar-refractivity contribution in [1.29, 1.82) is 0 Å². The third kappa shape index (κ3) is 3.43. The van der Waals surface area contributed by atoms with Crippen LogP contribution in [0.2, 0.25) is 0 Å². The fourth-order valence-electron chi connectivity index (χ4n) is 7.56. The van der Waals surface area contributed by atoms with Crippen LogP contribution in [0.4, 0.5) is 0 Å². The molecular formula is C42H24N4O. The highest BCUT2D eigenvalue weighted by Crippen LogP contribution is 2.38. The average molecular weight is 601 g/mol. The van der Waals surface area contributed by atoms with E-state index in [-0.39, 0.29) is 0 Å². The van der Waals surface area contributed by atoms with E-state index in [1.807, 2.05) is 24.4 Å². The van der Waals surface area contributed by atoms with Crippen molar-refractivity contribution < 1.29 is 4.42 Å². The van der Waals surface area contributed by atoms with E-state index in [0.29, 0.717) is 0 Å². The van der Waals surface area contributed by atoms with E-state index in [1.165, 1.54) is 32.3 Å². The normalized spacial score (nSPS) is 12.3. The average Bonchev–Trinajstić information content (AvgIpc) is 3.76. The molecular weight excluding hydrogens is 576 g/mol. The Kier molecular flexibility index (Phi) is 4.78. The molecule has 4 aromatic heterocycles. The van der Waals surface area contributed by atoms with Crippen LogP contribution < -0.4 is 0 Å². The first-order valence-electron chi connectivity index (χ1n) is 15.8. The predicted octanol–water partition coefficient (Wildman–Crippen LogP) is 10.9. The van der Waals surface area contributed by atoms with Crippen LogP contribution in [0.25, 0.3) is 98.9 Å². The van der Waals surface area contributed by atoms with Crippen LogP contribution >= 0.6 is 0 Å². The van der Waals surface area contributed by atoms with Gasteiger partial charge >= 0.3 is 0 Å². The zero-order valence-corrected chi connectivity index (χ0v) is 25.1. The molecule has 47 heavy (non-hydrogen) atoms. The molecule has 0 spiro atoms. The van der Waals surface area contributed by atoms with Gasteiger partial charge in [0.05, 0.1) is 28.4 Å². The summed E-state index contributed by atoms with van der Waals surface area (Å²) in [6.45, 7) is 0. The first kappa shape index (κ1) is 24.8. The van der Waals surface area contributed by atoms with Gasteiger partial charge in [0.15, 0.2) is 11.5 Å². The maximum Gasteiger partial charge on any atom is 0.164 e. The third-order valence-electron chi connectivity index (χ3n) is 9.70. The zero-order chi connectivity index (χ0) is 30.6. The van der Waals surface area contributed by atoms with Gasteiger partial charge in [-0.05, 0) is 70.1 Å². The number of aromatic nitrogens is 4. The number of benzene rings is 7. The lowest BCUT2D eigenvalue weighted by Gasteiger charge is -2.09.